The molecule has 1 aliphatic rings. The smallest absolute Gasteiger partial charge is 0.242 e. The van der Waals surface area contributed by atoms with Crippen LogP contribution in [0.4, 0.5) is 0 Å². The van der Waals surface area contributed by atoms with Crippen molar-refractivity contribution in [2.75, 3.05) is 13.1 Å². The van der Waals surface area contributed by atoms with Crippen LogP contribution in [0.2, 0.25) is 5.02 Å². The summed E-state index contributed by atoms with van der Waals surface area (Å²) in [6.45, 7) is 7.96. The van der Waals surface area contributed by atoms with E-state index in [0.29, 0.717) is 26.1 Å². The number of rotatable bonds is 10. The molecule has 1 saturated carbocycles. The maximum absolute atomic E-state index is 13.6. The Morgan fingerprint density at radius 3 is 2.45 bits per heavy atom. The maximum atomic E-state index is 13.6. The van der Waals surface area contributed by atoms with E-state index in [4.69, 9.17) is 11.6 Å². The predicted octanol–water partition coefficient (Wildman–Crippen LogP) is 5.75. The number of carbonyl (C=O) groups excluding carboxylic acids is 2. The van der Waals surface area contributed by atoms with Crippen LogP contribution in [0.1, 0.15) is 70.6 Å². The van der Waals surface area contributed by atoms with Crippen molar-refractivity contribution in [2.24, 2.45) is 5.92 Å². The fourth-order valence-electron chi connectivity index (χ4n) is 4.65. The lowest BCUT2D eigenvalue weighted by atomic mass is 9.94. The summed E-state index contributed by atoms with van der Waals surface area (Å²) in [5.41, 5.74) is 2.15. The lowest BCUT2D eigenvalue weighted by Crippen LogP contribution is -2.47. The number of carbonyl (C=O) groups is 2. The third kappa shape index (κ3) is 7.10. The first kappa shape index (κ1) is 25.4. The average molecular weight is 472 g/mol. The van der Waals surface area contributed by atoms with Gasteiger partial charge in [-0.25, -0.2) is 0 Å². The van der Waals surface area contributed by atoms with Crippen LogP contribution in [0.5, 0.6) is 0 Å². The first-order chi connectivity index (χ1) is 15.9. The van der Waals surface area contributed by atoms with Gasteiger partial charge in [-0.15, -0.1) is 0 Å². The number of aromatic nitrogens is 1. The van der Waals surface area contributed by atoms with Crippen molar-refractivity contribution in [1.29, 1.82) is 0 Å². The molecule has 1 heterocycles. The third-order valence-electron chi connectivity index (χ3n) is 6.53. The van der Waals surface area contributed by atoms with Crippen LogP contribution in [-0.2, 0) is 22.7 Å². The number of hydrogen-bond donors (Lipinski definition) is 0. The quantitative estimate of drug-likeness (QED) is 0.443. The van der Waals surface area contributed by atoms with E-state index in [1.165, 1.54) is 6.42 Å². The Kier molecular flexibility index (Phi) is 9.42. The molecule has 1 aromatic heterocycles. The lowest BCUT2D eigenvalue weighted by Gasteiger charge is -2.36. The van der Waals surface area contributed by atoms with Crippen LogP contribution in [0.15, 0.2) is 42.6 Å². The van der Waals surface area contributed by atoms with Crippen molar-refractivity contribution >= 4 is 23.4 Å². The van der Waals surface area contributed by atoms with Crippen molar-refractivity contribution in [3.05, 3.63) is 58.9 Å². The Morgan fingerprint density at radius 2 is 1.79 bits per heavy atom. The first-order valence-corrected chi connectivity index (χ1v) is 12.7. The Hall–Kier alpha value is -2.27. The summed E-state index contributed by atoms with van der Waals surface area (Å²) in [5.74, 6) is 0.391. The van der Waals surface area contributed by atoms with Gasteiger partial charge in [-0.05, 0) is 49.4 Å². The zero-order valence-corrected chi connectivity index (χ0v) is 21.1. The summed E-state index contributed by atoms with van der Waals surface area (Å²) in [7, 11) is 0. The van der Waals surface area contributed by atoms with Crippen LogP contribution in [0.3, 0.4) is 0 Å². The van der Waals surface area contributed by atoms with Crippen molar-refractivity contribution in [3.63, 3.8) is 0 Å². The zero-order valence-electron chi connectivity index (χ0n) is 20.3. The molecule has 0 saturated heterocycles. The van der Waals surface area contributed by atoms with E-state index in [1.54, 1.807) is 4.90 Å². The van der Waals surface area contributed by atoms with Gasteiger partial charge in [-0.2, -0.15) is 0 Å². The molecule has 6 heteroatoms. The van der Waals surface area contributed by atoms with Gasteiger partial charge in [-0.1, -0.05) is 62.9 Å². The minimum atomic E-state index is 0.0475. The average Bonchev–Trinajstić information content (AvgIpc) is 3.23. The highest BCUT2D eigenvalue weighted by atomic mass is 35.5. The zero-order chi connectivity index (χ0) is 23.8. The van der Waals surface area contributed by atoms with E-state index in [-0.39, 0.29) is 30.3 Å². The fraction of sp³-hybridized carbons (Fsp3) is 0.556. The van der Waals surface area contributed by atoms with E-state index in [9.17, 15) is 9.59 Å². The Balaban J connectivity index is 1.78. The molecule has 0 atom stereocenters. The first-order valence-electron chi connectivity index (χ1n) is 12.3. The van der Waals surface area contributed by atoms with Gasteiger partial charge >= 0.3 is 0 Å². The minimum Gasteiger partial charge on any atom is -0.345 e. The molecule has 2 aromatic rings. The molecule has 0 bridgehead atoms. The molecule has 2 amide bonds. The Labute approximate surface area is 203 Å². The van der Waals surface area contributed by atoms with Crippen LogP contribution in [0.25, 0.3) is 0 Å². The van der Waals surface area contributed by atoms with E-state index < -0.39 is 0 Å². The van der Waals surface area contributed by atoms with Gasteiger partial charge < -0.3 is 14.4 Å². The Bertz CT molecular complexity index is 918. The molecular formula is C27H38ClN3O2. The third-order valence-corrected chi connectivity index (χ3v) is 6.90. The molecular weight excluding hydrogens is 434 g/mol. The molecule has 1 aromatic carbocycles. The molecule has 33 heavy (non-hydrogen) atoms. The van der Waals surface area contributed by atoms with Crippen LogP contribution >= 0.6 is 11.6 Å². The number of hydrogen-bond acceptors (Lipinski definition) is 2. The second kappa shape index (κ2) is 12.3. The second-order valence-electron chi connectivity index (χ2n) is 9.54. The molecule has 0 spiro atoms. The summed E-state index contributed by atoms with van der Waals surface area (Å²) >= 11 is 6.39. The maximum Gasteiger partial charge on any atom is 0.242 e. The summed E-state index contributed by atoms with van der Waals surface area (Å²) < 4.78 is 2.17. The van der Waals surface area contributed by atoms with E-state index in [0.717, 1.165) is 42.0 Å². The minimum absolute atomic E-state index is 0.0475. The highest BCUT2D eigenvalue weighted by molar-refractivity contribution is 6.31. The lowest BCUT2D eigenvalue weighted by molar-refractivity contribution is -0.143. The number of benzene rings is 1. The van der Waals surface area contributed by atoms with Crippen LogP contribution in [-0.4, -0.2) is 45.3 Å². The van der Waals surface area contributed by atoms with Crippen molar-refractivity contribution in [2.45, 2.75) is 78.4 Å². The van der Waals surface area contributed by atoms with Gasteiger partial charge in [0.1, 0.15) is 0 Å². The molecule has 0 N–H and O–H groups in total. The number of nitrogens with zero attached hydrogens (tertiary/aromatic N) is 3. The molecule has 5 nitrogen and oxygen atoms in total. The molecule has 0 radical (unpaired) electrons. The highest BCUT2D eigenvalue weighted by Crippen LogP contribution is 2.25. The molecule has 1 fully saturated rings. The largest absolute Gasteiger partial charge is 0.345 e. The predicted molar refractivity (Wildman–Crippen MR) is 134 cm³/mol. The topological polar surface area (TPSA) is 45.6 Å². The SMILES string of the molecule is CCN(CC(=O)N(Cc1cccn1Cc1ccccc1Cl)C1CCCCC1)C(=O)CC(C)C. The van der Waals surface area contributed by atoms with E-state index in [1.807, 2.05) is 62.2 Å². The van der Waals surface area contributed by atoms with Crippen LogP contribution in [0, 0.1) is 5.92 Å². The van der Waals surface area contributed by atoms with E-state index >= 15 is 0 Å². The molecule has 0 aliphatic heterocycles. The fourth-order valence-corrected chi connectivity index (χ4v) is 4.85. The van der Waals surface area contributed by atoms with Gasteiger partial charge in [0.25, 0.3) is 0 Å². The van der Waals surface area contributed by atoms with E-state index in [2.05, 4.69) is 10.6 Å². The van der Waals surface area contributed by atoms with Gasteiger partial charge in [-0.3, -0.25) is 9.59 Å². The second-order valence-corrected chi connectivity index (χ2v) is 9.95. The monoisotopic (exact) mass is 471 g/mol. The summed E-state index contributed by atoms with van der Waals surface area (Å²) in [6, 6.07) is 12.2. The number of amides is 2. The van der Waals surface area contributed by atoms with Gasteiger partial charge in [0.2, 0.25) is 11.8 Å². The van der Waals surface area contributed by atoms with Crippen LogP contribution < -0.4 is 0 Å². The van der Waals surface area contributed by atoms with Crippen molar-refractivity contribution in [1.82, 2.24) is 14.4 Å². The summed E-state index contributed by atoms with van der Waals surface area (Å²) in [4.78, 5) is 30.0. The normalized spacial score (nSPS) is 14.5. The number of halogens is 1. The summed E-state index contributed by atoms with van der Waals surface area (Å²) in [6.07, 6.45) is 8.12. The van der Waals surface area contributed by atoms with Crippen molar-refractivity contribution in [3.8, 4) is 0 Å². The van der Waals surface area contributed by atoms with Gasteiger partial charge in [0.15, 0.2) is 0 Å². The standard InChI is InChI=1S/C27H38ClN3O2/c1-4-29(26(32)17-21(2)3)20-27(33)31(23-12-6-5-7-13-23)19-24-14-10-16-30(24)18-22-11-8-9-15-25(22)28/h8-11,14-16,21,23H,4-7,12-13,17-20H2,1-3H3. The van der Waals surface area contributed by atoms with Gasteiger partial charge in [0, 0.05) is 42.5 Å². The Morgan fingerprint density at radius 1 is 1.06 bits per heavy atom. The van der Waals surface area contributed by atoms with Gasteiger partial charge in [0.05, 0.1) is 13.1 Å². The number of likely N-dealkylation sites (N-methyl/N-ethyl adjacent to an activating group) is 1. The molecule has 1 aliphatic carbocycles. The molecule has 3 rings (SSSR count). The molecule has 180 valence electrons. The van der Waals surface area contributed by atoms with Crippen molar-refractivity contribution < 1.29 is 9.59 Å². The highest BCUT2D eigenvalue weighted by Gasteiger charge is 2.28. The summed E-state index contributed by atoms with van der Waals surface area (Å²) in [5, 5.41) is 0.750. The molecule has 0 unspecified atom stereocenters.